The van der Waals surface area contributed by atoms with Crippen LogP contribution in [0.5, 0.6) is 0 Å². The number of hydrogen-bond donors (Lipinski definition) is 16. The Balaban J connectivity index is 0.000000151. The largest absolute Gasteiger partial charge is 0.394 e. The molecule has 32 nitrogen and oxygen atoms in total. The number of nitriles is 1. The number of benzene rings is 5. The summed E-state index contributed by atoms with van der Waals surface area (Å²) < 4.78 is 0. The molecule has 133 heavy (non-hydrogen) atoms. The summed E-state index contributed by atoms with van der Waals surface area (Å²) in [5, 5.41) is 48.6. The average Bonchev–Trinajstić information content (AvgIpc) is 0.826. The SMILES string of the molecule is CC(C)[C@@H](CO)Nc1cccc(-c2c[nH]c(=O)c(NC(=O)c3ccc(N4CCCCC4)cc3)c2)c1.CNc1nccc(-c2c[nH]c(=O)c(NC(=O)c3ccc(NCCCN)cc3)c2)n1.N#CCCNc1cccc(-c2c[nH]c(=O)c(NC(=O)c3ccc(N4CCCCC4)cc3)c2)n1.O=C(Nc1cc(-c2cccc(NCC3CCNCC3)n2)c[nH]c1=O)c1ccc(N2CCCCC2)cc1. The van der Waals surface area contributed by atoms with Crippen LogP contribution in [0.3, 0.4) is 0 Å². The lowest BCUT2D eigenvalue weighted by molar-refractivity contribution is 0.101. The number of piperidine rings is 4. The molecule has 16 rings (SSSR count). The molecule has 0 saturated carbocycles. The molecule has 0 unspecified atom stereocenters. The minimum Gasteiger partial charge on any atom is -0.394 e. The Morgan fingerprint density at radius 2 is 0.872 bits per heavy atom. The van der Waals surface area contributed by atoms with E-state index >= 15 is 0 Å². The summed E-state index contributed by atoms with van der Waals surface area (Å²) in [6.45, 7) is 15.3. The number of aliphatic hydroxyl groups excluding tert-OH is 1. The van der Waals surface area contributed by atoms with E-state index in [1.807, 2.05) is 121 Å². The van der Waals surface area contributed by atoms with Gasteiger partial charge < -0.3 is 98.6 Å². The van der Waals surface area contributed by atoms with Crippen LogP contribution in [-0.4, -0.2) is 167 Å². The van der Waals surface area contributed by atoms with Gasteiger partial charge in [0.2, 0.25) is 5.95 Å². The number of nitrogens with two attached hydrogens (primary N) is 1. The predicted molar refractivity (Wildman–Crippen MR) is 531 cm³/mol. The van der Waals surface area contributed by atoms with E-state index in [2.05, 4.69) is 123 Å². The number of nitrogens with one attached hydrogen (secondary N) is 14. The van der Waals surface area contributed by atoms with Gasteiger partial charge in [-0.25, -0.2) is 19.9 Å². The molecule has 4 aliphatic rings. The van der Waals surface area contributed by atoms with Crippen molar-refractivity contribution < 1.29 is 24.3 Å². The van der Waals surface area contributed by atoms with Gasteiger partial charge >= 0.3 is 0 Å². The number of carbonyl (C=O) groups is 4. The first-order chi connectivity index (χ1) is 64.8. The first-order valence-corrected chi connectivity index (χ1v) is 45.6. The molecule has 690 valence electrons. The van der Waals surface area contributed by atoms with Crippen molar-refractivity contribution in [3.63, 3.8) is 0 Å². The molecule has 4 saturated heterocycles. The molecule has 32 heteroatoms. The van der Waals surface area contributed by atoms with Crippen LogP contribution in [0.15, 0.2) is 238 Å². The van der Waals surface area contributed by atoms with Crippen LogP contribution < -0.4 is 95.8 Å². The molecule has 0 bridgehead atoms. The Labute approximate surface area is 772 Å². The lowest BCUT2D eigenvalue weighted by Crippen LogP contribution is -2.31. The summed E-state index contributed by atoms with van der Waals surface area (Å²) in [5.74, 6) is 1.45. The first kappa shape index (κ1) is 95.5. The molecule has 7 aromatic heterocycles. The van der Waals surface area contributed by atoms with E-state index in [-0.39, 0.29) is 81.6 Å². The highest BCUT2D eigenvalue weighted by molar-refractivity contribution is 6.07. The molecular formula is C101H117N23O9. The molecular weight excluding hydrogens is 1680 g/mol. The molecule has 0 spiro atoms. The van der Waals surface area contributed by atoms with E-state index in [9.17, 15) is 43.5 Å². The number of rotatable bonds is 30. The van der Waals surface area contributed by atoms with E-state index < -0.39 is 5.56 Å². The number of amides is 4. The van der Waals surface area contributed by atoms with E-state index in [1.165, 1.54) is 57.8 Å². The van der Waals surface area contributed by atoms with Crippen molar-refractivity contribution in [1.29, 1.82) is 5.26 Å². The Bertz CT molecular complexity index is 6150. The van der Waals surface area contributed by atoms with Crippen molar-refractivity contribution in [3.05, 3.63) is 283 Å². The second kappa shape index (κ2) is 48.5. The minimum atomic E-state index is -0.398. The quantitative estimate of drug-likeness (QED) is 0.0186. The predicted octanol–water partition coefficient (Wildman–Crippen LogP) is 14.7. The van der Waals surface area contributed by atoms with Crippen LogP contribution in [0.2, 0.25) is 0 Å². The smallest absolute Gasteiger partial charge is 0.271 e. The van der Waals surface area contributed by atoms with Gasteiger partial charge in [-0.15, -0.1) is 0 Å². The lowest BCUT2D eigenvalue weighted by atomic mass is 9.98. The molecule has 4 amide bonds. The van der Waals surface area contributed by atoms with Gasteiger partial charge in [0.15, 0.2) is 0 Å². The van der Waals surface area contributed by atoms with E-state index in [0.717, 1.165) is 141 Å². The number of carbonyl (C=O) groups excluding carboxylic acids is 4. The fraction of sp³-hybridized carbons (Fsp3) is 0.317. The molecule has 17 N–H and O–H groups in total. The van der Waals surface area contributed by atoms with Gasteiger partial charge in [0.1, 0.15) is 34.4 Å². The Hall–Kier alpha value is -15.1. The maximum atomic E-state index is 12.9. The van der Waals surface area contributed by atoms with Gasteiger partial charge in [-0.2, -0.15) is 5.26 Å². The zero-order valence-electron chi connectivity index (χ0n) is 75.3. The van der Waals surface area contributed by atoms with E-state index in [4.69, 9.17) is 16.0 Å². The second-order valence-electron chi connectivity index (χ2n) is 33.3. The second-order valence-corrected chi connectivity index (χ2v) is 33.3. The number of aromatic amines is 4. The number of aromatic nitrogens is 8. The van der Waals surface area contributed by atoms with Gasteiger partial charge in [-0.1, -0.05) is 38.1 Å². The topological polar surface area (TPSA) is 451 Å². The number of nitrogens with zero attached hydrogens (tertiary/aromatic N) is 8. The summed E-state index contributed by atoms with van der Waals surface area (Å²) in [7, 11) is 1.72. The van der Waals surface area contributed by atoms with Crippen molar-refractivity contribution in [2.45, 2.75) is 103 Å². The van der Waals surface area contributed by atoms with Crippen molar-refractivity contribution in [2.24, 2.45) is 17.6 Å². The average molecular weight is 1800 g/mol. The van der Waals surface area contributed by atoms with Gasteiger partial charge in [0, 0.05) is 170 Å². The van der Waals surface area contributed by atoms with Gasteiger partial charge in [-0.05, 0) is 278 Å². The third kappa shape index (κ3) is 27.7. The van der Waals surface area contributed by atoms with Crippen LogP contribution in [0.1, 0.15) is 139 Å². The van der Waals surface area contributed by atoms with Crippen molar-refractivity contribution in [1.82, 2.24) is 45.2 Å². The molecule has 12 aromatic rings. The number of hydrogen-bond acceptors (Lipinski definition) is 24. The molecule has 4 aliphatic heterocycles. The molecule has 1 atom stereocenters. The minimum absolute atomic E-state index is 0.0374. The third-order valence-electron chi connectivity index (χ3n) is 23.4. The van der Waals surface area contributed by atoms with Crippen LogP contribution in [-0.2, 0) is 0 Å². The molecule has 5 aromatic carbocycles. The van der Waals surface area contributed by atoms with Gasteiger partial charge in [0.05, 0.1) is 42.2 Å². The number of anilines is 12. The zero-order chi connectivity index (χ0) is 93.2. The highest BCUT2D eigenvalue weighted by Gasteiger charge is 2.22. The fourth-order valence-corrected chi connectivity index (χ4v) is 15.7. The zero-order valence-corrected chi connectivity index (χ0v) is 75.3. The van der Waals surface area contributed by atoms with Crippen molar-refractivity contribution in [3.8, 4) is 51.0 Å². The monoisotopic (exact) mass is 1800 g/mol. The normalized spacial score (nSPS) is 13.9. The number of pyridine rings is 6. The van der Waals surface area contributed by atoms with Crippen LogP contribution in [0.25, 0.3) is 44.9 Å². The van der Waals surface area contributed by atoms with Crippen LogP contribution >= 0.6 is 0 Å². The van der Waals surface area contributed by atoms with Crippen LogP contribution in [0.4, 0.5) is 68.8 Å². The number of H-pyrrole nitrogens is 4. The molecule has 0 radical (unpaired) electrons. The fourth-order valence-electron chi connectivity index (χ4n) is 15.7. The lowest BCUT2D eigenvalue weighted by Gasteiger charge is -2.28. The van der Waals surface area contributed by atoms with Crippen LogP contribution in [0, 0.1) is 23.2 Å². The Morgan fingerprint density at radius 3 is 1.29 bits per heavy atom. The summed E-state index contributed by atoms with van der Waals surface area (Å²) in [6.07, 6.45) is 22.5. The summed E-state index contributed by atoms with van der Waals surface area (Å²) in [4.78, 5) is 136. The Morgan fingerprint density at radius 1 is 0.466 bits per heavy atom. The van der Waals surface area contributed by atoms with Gasteiger partial charge in [0.25, 0.3) is 45.9 Å². The maximum Gasteiger partial charge on any atom is 0.271 e. The summed E-state index contributed by atoms with van der Waals surface area (Å²) >= 11 is 0. The van der Waals surface area contributed by atoms with E-state index in [0.29, 0.717) is 82.0 Å². The molecule has 4 fully saturated rings. The highest BCUT2D eigenvalue weighted by Crippen LogP contribution is 2.30. The Kier molecular flexibility index (Phi) is 34.9. The summed E-state index contributed by atoms with van der Waals surface area (Å²) in [6, 6.07) is 58.9. The van der Waals surface area contributed by atoms with E-state index in [1.54, 1.807) is 105 Å². The standard InChI is InChI=1S/C28H34N6O2.C28H34N4O3.C25H26N6O2.C20H23N7O2/c35-27(21-7-9-23(10-8-21)34-15-2-1-3-16-34)33-25-17-22(19-31-28(25)36)24-5-4-6-26(32-24)30-18-20-11-13-29-14-12-20;1-19(2)26(18-33)30-23-8-6-7-21(15-23)22-16-25(28(35)29-17-22)31-27(34)20-9-11-24(12-10-20)32-13-4-3-5-14-32;26-12-5-13-27-23-7-4-6-21(29-23)19-16-22(25(33)28-17-19)30-24(32)18-8-10-20(11-9-18)31-14-2-1-3-15-31;1-22-20-24-10-7-16(27-20)14-11-17(19(29)25-12-14)26-18(28)13-3-5-15(6-4-13)23-9-2-8-21/h4-10,17,19-20,29H,1-3,11-16,18H2,(H,30,32)(H,31,36)(H,33,35);6-12,15-17,19,26,30,33H,3-5,13-14,18H2,1-2H3,(H,29,35)(H,31,34);4,6-11,16-17H,1-3,5,13-15H2,(H,27,29)(H,28,33)(H,30,32);3-7,10-12,23H,2,8-9,21H2,1H3,(H,25,29)(H,26,28)(H,22,24,27)/t;26-;;/m.1../s1. The first-order valence-electron chi connectivity index (χ1n) is 45.6. The van der Waals surface area contributed by atoms with Crippen molar-refractivity contribution >= 4 is 92.4 Å². The molecule has 0 aliphatic carbocycles. The third-order valence-corrected chi connectivity index (χ3v) is 23.4. The molecule has 11 heterocycles. The maximum absolute atomic E-state index is 12.9. The summed E-state index contributed by atoms with van der Waals surface area (Å²) in [5.41, 5.74) is 17.4. The highest BCUT2D eigenvalue weighted by atomic mass is 16.3. The van der Waals surface area contributed by atoms with Crippen molar-refractivity contribution in [2.75, 3.05) is 155 Å². The number of aliphatic hydroxyl groups is 1. The van der Waals surface area contributed by atoms with Gasteiger partial charge in [-0.3, -0.25) is 38.4 Å².